The zero-order valence-corrected chi connectivity index (χ0v) is 19.3. The van der Waals surface area contributed by atoms with Crippen molar-refractivity contribution in [3.8, 4) is 0 Å². The molecule has 33 heavy (non-hydrogen) atoms. The second-order valence-electron chi connectivity index (χ2n) is 8.43. The number of thioether (sulfide) groups is 1. The second kappa shape index (κ2) is 9.24. The van der Waals surface area contributed by atoms with Crippen molar-refractivity contribution in [2.45, 2.75) is 30.2 Å². The van der Waals surface area contributed by atoms with Crippen LogP contribution in [0.15, 0.2) is 82.5 Å². The molecule has 4 aromatic rings. The fraction of sp³-hybridized carbons (Fsp3) is 0.222. The van der Waals surface area contributed by atoms with E-state index >= 15 is 0 Å². The van der Waals surface area contributed by atoms with E-state index in [1.807, 2.05) is 54.8 Å². The third kappa shape index (κ3) is 4.57. The van der Waals surface area contributed by atoms with Crippen LogP contribution in [0.25, 0.3) is 10.9 Å². The minimum atomic E-state index is -0.228. The molecule has 0 amide bonds. The van der Waals surface area contributed by atoms with Crippen LogP contribution in [0.4, 0.5) is 5.82 Å². The first-order chi connectivity index (χ1) is 16.1. The molecule has 0 bridgehead atoms. The molecule has 0 aliphatic carbocycles. The van der Waals surface area contributed by atoms with Crippen molar-refractivity contribution in [1.29, 1.82) is 0 Å². The Balaban J connectivity index is 1.28. The van der Waals surface area contributed by atoms with Crippen LogP contribution in [0, 0.1) is 0 Å². The smallest absolute Gasteiger partial charge is 0.349 e. The molecule has 1 aliphatic rings. The first-order valence-electron chi connectivity index (χ1n) is 11.1. The summed E-state index contributed by atoms with van der Waals surface area (Å²) < 4.78 is 1.73. The van der Waals surface area contributed by atoms with Crippen LogP contribution < -0.4 is 11.0 Å². The van der Waals surface area contributed by atoms with Crippen molar-refractivity contribution in [1.82, 2.24) is 9.55 Å². The highest BCUT2D eigenvalue weighted by molar-refractivity contribution is 7.98. The average Bonchev–Trinajstić information content (AvgIpc) is 2.84. The van der Waals surface area contributed by atoms with E-state index in [2.05, 4.69) is 34.6 Å². The number of nitrogens with one attached hydrogen (secondary N) is 1. The predicted molar refractivity (Wildman–Crippen MR) is 134 cm³/mol. The molecule has 0 fully saturated rings. The minimum Gasteiger partial charge on any atom is -0.370 e. The van der Waals surface area contributed by atoms with Gasteiger partial charge in [0.25, 0.3) is 0 Å². The van der Waals surface area contributed by atoms with Crippen molar-refractivity contribution in [2.24, 2.45) is 0 Å². The number of Topliss-reactive ketones (excluding diaryl/α,β-unsaturated/α-hetero) is 1. The van der Waals surface area contributed by atoms with Gasteiger partial charge in [-0.1, -0.05) is 48.5 Å². The Morgan fingerprint density at radius 2 is 1.82 bits per heavy atom. The average molecular weight is 456 g/mol. The third-order valence-corrected chi connectivity index (χ3v) is 6.91. The normalized spacial score (nSPS) is 15.1. The van der Waals surface area contributed by atoms with Crippen LogP contribution in [0.2, 0.25) is 0 Å². The van der Waals surface area contributed by atoms with Gasteiger partial charge in [0.1, 0.15) is 11.6 Å². The molecule has 1 unspecified atom stereocenters. The maximum Gasteiger partial charge on any atom is 0.349 e. The van der Waals surface area contributed by atoms with E-state index in [0.29, 0.717) is 24.9 Å². The number of hydrogen-bond acceptors (Lipinski definition) is 5. The summed E-state index contributed by atoms with van der Waals surface area (Å²) in [6, 6.07) is 24.1. The summed E-state index contributed by atoms with van der Waals surface area (Å²) in [5.74, 6) is 1.21. The number of carbonyl (C=O) groups excluding carboxylic acids is 1. The monoisotopic (exact) mass is 455 g/mol. The number of carbonyl (C=O) groups is 1. The predicted octanol–water partition coefficient (Wildman–Crippen LogP) is 4.68. The minimum absolute atomic E-state index is 0.164. The number of nitrogens with zero attached hydrogens (tertiary/aromatic N) is 2. The summed E-state index contributed by atoms with van der Waals surface area (Å²) in [5, 5.41) is 4.41. The van der Waals surface area contributed by atoms with Gasteiger partial charge < -0.3 is 5.32 Å². The third-order valence-electron chi connectivity index (χ3n) is 6.18. The molecule has 5 nitrogen and oxygen atoms in total. The fourth-order valence-electron chi connectivity index (χ4n) is 4.47. The van der Waals surface area contributed by atoms with E-state index in [1.165, 1.54) is 4.90 Å². The Labute approximate surface area is 196 Å². The number of para-hydroxylation sites is 1. The Morgan fingerprint density at radius 3 is 2.64 bits per heavy atom. The summed E-state index contributed by atoms with van der Waals surface area (Å²) >= 11 is 1.68. The van der Waals surface area contributed by atoms with Crippen molar-refractivity contribution in [2.75, 3.05) is 18.1 Å². The maximum absolute atomic E-state index is 12.6. The molecule has 166 valence electrons. The Bertz CT molecular complexity index is 1380. The largest absolute Gasteiger partial charge is 0.370 e. The van der Waals surface area contributed by atoms with E-state index < -0.39 is 0 Å². The number of anilines is 1. The van der Waals surface area contributed by atoms with Crippen LogP contribution in [0.1, 0.15) is 22.6 Å². The Kier molecular flexibility index (Phi) is 6.01. The molecule has 2 heterocycles. The van der Waals surface area contributed by atoms with Gasteiger partial charge in [-0.2, -0.15) is 4.98 Å². The first kappa shape index (κ1) is 21.5. The lowest BCUT2D eigenvalue weighted by Gasteiger charge is -2.28. The van der Waals surface area contributed by atoms with Crippen LogP contribution >= 0.6 is 11.8 Å². The summed E-state index contributed by atoms with van der Waals surface area (Å²) in [6.45, 7) is 1.33. The SMILES string of the molecule is CSc1cccc(CC(=O)Cc2ccc(C3CNc4c5ccccc5nc(=O)n4C3)cc2)c1. The number of fused-ring (bicyclic) bond motifs is 3. The molecule has 0 radical (unpaired) electrons. The number of hydrogen-bond donors (Lipinski definition) is 1. The number of benzene rings is 3. The van der Waals surface area contributed by atoms with E-state index in [0.717, 1.165) is 34.4 Å². The van der Waals surface area contributed by atoms with Gasteiger partial charge in [-0.3, -0.25) is 9.36 Å². The second-order valence-corrected chi connectivity index (χ2v) is 9.31. The van der Waals surface area contributed by atoms with Gasteiger partial charge in [-0.25, -0.2) is 4.79 Å². The lowest BCUT2D eigenvalue weighted by molar-refractivity contribution is -0.117. The highest BCUT2D eigenvalue weighted by Gasteiger charge is 2.23. The molecular weight excluding hydrogens is 430 g/mol. The zero-order chi connectivity index (χ0) is 22.8. The number of aromatic nitrogens is 2. The first-order valence-corrected chi connectivity index (χ1v) is 12.3. The quantitative estimate of drug-likeness (QED) is 0.428. The van der Waals surface area contributed by atoms with Crippen molar-refractivity contribution < 1.29 is 4.79 Å². The highest BCUT2D eigenvalue weighted by atomic mass is 32.2. The molecule has 1 aliphatic heterocycles. The fourth-order valence-corrected chi connectivity index (χ4v) is 4.96. The van der Waals surface area contributed by atoms with Gasteiger partial charge in [0, 0.05) is 42.1 Å². The summed E-state index contributed by atoms with van der Waals surface area (Å²) in [5.41, 5.74) is 3.71. The van der Waals surface area contributed by atoms with Crippen molar-refractivity contribution in [3.05, 3.63) is 100.0 Å². The summed E-state index contributed by atoms with van der Waals surface area (Å²) in [6.07, 6.45) is 2.91. The molecule has 1 atom stereocenters. The maximum atomic E-state index is 12.6. The van der Waals surface area contributed by atoms with Crippen LogP contribution in [0.3, 0.4) is 0 Å². The van der Waals surface area contributed by atoms with Gasteiger partial charge in [-0.05, 0) is 47.2 Å². The van der Waals surface area contributed by atoms with Crippen molar-refractivity contribution in [3.63, 3.8) is 0 Å². The lowest BCUT2D eigenvalue weighted by Crippen LogP contribution is -2.35. The highest BCUT2D eigenvalue weighted by Crippen LogP contribution is 2.29. The molecule has 1 N–H and O–H groups in total. The number of rotatable bonds is 6. The zero-order valence-electron chi connectivity index (χ0n) is 18.5. The van der Waals surface area contributed by atoms with Gasteiger partial charge in [0.2, 0.25) is 0 Å². The Hall–Kier alpha value is -3.38. The van der Waals surface area contributed by atoms with E-state index in [-0.39, 0.29) is 17.4 Å². The molecule has 5 rings (SSSR count). The molecule has 0 saturated carbocycles. The molecule has 0 spiro atoms. The molecule has 6 heteroatoms. The van der Waals surface area contributed by atoms with E-state index in [9.17, 15) is 9.59 Å². The van der Waals surface area contributed by atoms with Crippen LogP contribution in [-0.4, -0.2) is 28.1 Å². The lowest BCUT2D eigenvalue weighted by atomic mass is 9.94. The molecule has 3 aromatic carbocycles. The van der Waals surface area contributed by atoms with E-state index in [1.54, 1.807) is 16.3 Å². The summed E-state index contributed by atoms with van der Waals surface area (Å²) in [7, 11) is 0. The van der Waals surface area contributed by atoms with Crippen LogP contribution in [0.5, 0.6) is 0 Å². The van der Waals surface area contributed by atoms with Gasteiger partial charge >= 0.3 is 5.69 Å². The Morgan fingerprint density at radius 1 is 1.03 bits per heavy atom. The van der Waals surface area contributed by atoms with Gasteiger partial charge in [-0.15, -0.1) is 11.8 Å². The standard InChI is InChI=1S/C27H25N3O2S/c1-33-23-6-4-5-19(15-23)14-22(31)13-18-9-11-20(12-10-18)21-16-28-26-24-7-2-3-8-25(24)29-27(32)30(26)17-21/h2-12,15,21,28H,13-14,16-17H2,1H3. The van der Waals surface area contributed by atoms with E-state index in [4.69, 9.17) is 0 Å². The molecule has 1 aromatic heterocycles. The number of ketones is 1. The molecular formula is C27H25N3O2S. The van der Waals surface area contributed by atoms with Gasteiger partial charge in [0.05, 0.1) is 5.52 Å². The van der Waals surface area contributed by atoms with Crippen LogP contribution in [-0.2, 0) is 24.2 Å². The summed E-state index contributed by atoms with van der Waals surface area (Å²) in [4.78, 5) is 30.6. The van der Waals surface area contributed by atoms with Crippen molar-refractivity contribution >= 4 is 34.3 Å². The topological polar surface area (TPSA) is 64.0 Å². The molecule has 0 saturated heterocycles. The van der Waals surface area contributed by atoms with Gasteiger partial charge in [0.15, 0.2) is 0 Å².